The van der Waals surface area contributed by atoms with Crippen molar-refractivity contribution in [2.45, 2.75) is 6.42 Å². The van der Waals surface area contributed by atoms with Gasteiger partial charge < -0.3 is 5.32 Å². The van der Waals surface area contributed by atoms with Crippen LogP contribution in [0.1, 0.15) is 5.56 Å². The largest absolute Gasteiger partial charge is 0.361 e. The first kappa shape index (κ1) is 13.5. The number of rotatable bonds is 4. The van der Waals surface area contributed by atoms with Crippen LogP contribution < -0.4 is 5.32 Å². The molecule has 0 bridgehead atoms. The van der Waals surface area contributed by atoms with E-state index >= 15 is 0 Å². The second-order valence-corrected chi connectivity index (χ2v) is 6.38. The molecule has 1 N–H and O–H groups in total. The van der Waals surface area contributed by atoms with Crippen molar-refractivity contribution in [3.05, 3.63) is 58.3 Å². The fraction of sp³-hybridized carbons (Fsp3) is 0.133. The molecule has 0 fully saturated rings. The van der Waals surface area contributed by atoms with E-state index in [0.717, 1.165) is 38.3 Å². The molecule has 2 nitrogen and oxygen atoms in total. The summed E-state index contributed by atoms with van der Waals surface area (Å²) in [6.07, 6.45) is 0.847. The molecular formula is C15H12BrFN2S. The lowest BCUT2D eigenvalue weighted by atomic mass is 10.1. The fourth-order valence-corrected chi connectivity index (χ4v) is 3.16. The predicted octanol–water partition coefficient (Wildman–Crippen LogP) is 4.85. The molecule has 0 unspecified atom stereocenters. The van der Waals surface area contributed by atoms with Gasteiger partial charge in [0.15, 0.2) is 5.13 Å². The maximum atomic E-state index is 12.8. The first-order chi connectivity index (χ1) is 9.70. The molecule has 0 aliphatic rings. The average molecular weight is 351 g/mol. The van der Waals surface area contributed by atoms with Crippen molar-refractivity contribution in [2.24, 2.45) is 0 Å². The Labute approximate surface area is 128 Å². The van der Waals surface area contributed by atoms with Crippen molar-refractivity contribution < 1.29 is 4.39 Å². The SMILES string of the molecule is Fc1ccc(CCNc2nc3cc(Br)ccc3s2)cc1. The molecule has 1 heterocycles. The number of anilines is 1. The molecule has 0 atom stereocenters. The molecule has 0 amide bonds. The molecule has 0 aliphatic carbocycles. The smallest absolute Gasteiger partial charge is 0.183 e. The highest BCUT2D eigenvalue weighted by atomic mass is 79.9. The van der Waals surface area contributed by atoms with Gasteiger partial charge in [-0.1, -0.05) is 39.4 Å². The summed E-state index contributed by atoms with van der Waals surface area (Å²) in [5.74, 6) is -0.196. The second kappa shape index (κ2) is 5.89. The van der Waals surface area contributed by atoms with E-state index in [1.165, 1.54) is 12.1 Å². The zero-order chi connectivity index (χ0) is 13.9. The van der Waals surface area contributed by atoms with Crippen LogP contribution in [0.25, 0.3) is 10.2 Å². The molecule has 0 aliphatic heterocycles. The minimum Gasteiger partial charge on any atom is -0.361 e. The minimum absolute atomic E-state index is 0.196. The highest BCUT2D eigenvalue weighted by Gasteiger charge is 2.03. The van der Waals surface area contributed by atoms with Gasteiger partial charge >= 0.3 is 0 Å². The van der Waals surface area contributed by atoms with Gasteiger partial charge in [-0.3, -0.25) is 0 Å². The van der Waals surface area contributed by atoms with E-state index in [4.69, 9.17) is 0 Å². The van der Waals surface area contributed by atoms with Gasteiger partial charge in [-0.25, -0.2) is 9.37 Å². The maximum Gasteiger partial charge on any atom is 0.183 e. The molecule has 0 spiro atoms. The summed E-state index contributed by atoms with van der Waals surface area (Å²) in [7, 11) is 0. The number of aromatic nitrogens is 1. The molecule has 0 saturated carbocycles. The van der Waals surface area contributed by atoms with Crippen molar-refractivity contribution >= 4 is 42.6 Å². The zero-order valence-electron chi connectivity index (χ0n) is 10.6. The summed E-state index contributed by atoms with van der Waals surface area (Å²) in [5.41, 5.74) is 2.11. The number of thiazole rings is 1. The summed E-state index contributed by atoms with van der Waals surface area (Å²) < 4.78 is 15.0. The van der Waals surface area contributed by atoms with Crippen LogP contribution in [0, 0.1) is 5.82 Å². The third-order valence-electron chi connectivity index (χ3n) is 2.95. The Kier molecular flexibility index (Phi) is 3.98. The van der Waals surface area contributed by atoms with Crippen molar-refractivity contribution in [3.63, 3.8) is 0 Å². The molecular weight excluding hydrogens is 339 g/mol. The van der Waals surface area contributed by atoms with E-state index < -0.39 is 0 Å². The van der Waals surface area contributed by atoms with Crippen LogP contribution in [0.2, 0.25) is 0 Å². The Hall–Kier alpha value is -1.46. The Morgan fingerprint density at radius 2 is 1.95 bits per heavy atom. The molecule has 0 radical (unpaired) electrons. The molecule has 0 saturated heterocycles. The van der Waals surface area contributed by atoms with E-state index in [1.54, 1.807) is 11.3 Å². The van der Waals surface area contributed by atoms with Crippen LogP contribution in [0.4, 0.5) is 9.52 Å². The average Bonchev–Trinajstić information content (AvgIpc) is 2.83. The van der Waals surface area contributed by atoms with Crippen molar-refractivity contribution in [1.29, 1.82) is 0 Å². The van der Waals surface area contributed by atoms with Crippen LogP contribution in [0.15, 0.2) is 46.9 Å². The number of hydrogen-bond donors (Lipinski definition) is 1. The van der Waals surface area contributed by atoms with Crippen LogP contribution >= 0.6 is 27.3 Å². The highest BCUT2D eigenvalue weighted by Crippen LogP contribution is 2.28. The molecule has 3 rings (SSSR count). The van der Waals surface area contributed by atoms with Crippen LogP contribution in [-0.2, 0) is 6.42 Å². The molecule has 1 aromatic heterocycles. The van der Waals surface area contributed by atoms with Crippen molar-refractivity contribution in [1.82, 2.24) is 4.98 Å². The van der Waals surface area contributed by atoms with Gasteiger partial charge in [-0.2, -0.15) is 0 Å². The number of benzene rings is 2. The van der Waals surface area contributed by atoms with E-state index in [9.17, 15) is 4.39 Å². The fourth-order valence-electron chi connectivity index (χ4n) is 1.94. The van der Waals surface area contributed by atoms with Gasteiger partial charge in [0.2, 0.25) is 0 Å². The summed E-state index contributed by atoms with van der Waals surface area (Å²) >= 11 is 5.08. The first-order valence-corrected chi connectivity index (χ1v) is 7.86. The van der Waals surface area contributed by atoms with E-state index in [2.05, 4.69) is 32.3 Å². The Morgan fingerprint density at radius 3 is 2.75 bits per heavy atom. The monoisotopic (exact) mass is 350 g/mol. The number of nitrogens with zero attached hydrogens (tertiary/aromatic N) is 1. The van der Waals surface area contributed by atoms with Crippen molar-refractivity contribution in [2.75, 3.05) is 11.9 Å². The highest BCUT2D eigenvalue weighted by molar-refractivity contribution is 9.10. The van der Waals surface area contributed by atoms with Gasteiger partial charge in [-0.15, -0.1) is 0 Å². The van der Waals surface area contributed by atoms with Crippen LogP contribution in [-0.4, -0.2) is 11.5 Å². The van der Waals surface area contributed by atoms with E-state index in [-0.39, 0.29) is 5.82 Å². The first-order valence-electron chi connectivity index (χ1n) is 6.25. The number of halogens is 2. The lowest BCUT2D eigenvalue weighted by Crippen LogP contribution is -2.04. The summed E-state index contributed by atoms with van der Waals surface area (Å²) in [5, 5.41) is 4.23. The van der Waals surface area contributed by atoms with Gasteiger partial charge in [0.25, 0.3) is 0 Å². The molecule has 5 heteroatoms. The topological polar surface area (TPSA) is 24.9 Å². The van der Waals surface area contributed by atoms with Gasteiger partial charge in [0, 0.05) is 11.0 Å². The molecule has 20 heavy (non-hydrogen) atoms. The lowest BCUT2D eigenvalue weighted by molar-refractivity contribution is 0.627. The van der Waals surface area contributed by atoms with Crippen LogP contribution in [0.3, 0.4) is 0 Å². The number of fused-ring (bicyclic) bond motifs is 1. The Morgan fingerprint density at radius 1 is 1.15 bits per heavy atom. The minimum atomic E-state index is -0.196. The molecule has 3 aromatic rings. The predicted molar refractivity (Wildman–Crippen MR) is 85.9 cm³/mol. The van der Waals surface area contributed by atoms with Gasteiger partial charge in [-0.05, 0) is 42.3 Å². The molecule has 2 aromatic carbocycles. The standard InChI is InChI=1S/C15H12BrFN2S/c16-11-3-6-14-13(9-11)19-15(20-14)18-8-7-10-1-4-12(17)5-2-10/h1-6,9H,7-8H2,(H,18,19). The normalized spacial score (nSPS) is 10.9. The number of hydrogen-bond acceptors (Lipinski definition) is 3. The lowest BCUT2D eigenvalue weighted by Gasteiger charge is -2.02. The van der Waals surface area contributed by atoms with E-state index in [1.807, 2.05) is 24.3 Å². The van der Waals surface area contributed by atoms with E-state index in [0.29, 0.717) is 0 Å². The third-order valence-corrected chi connectivity index (χ3v) is 4.44. The van der Waals surface area contributed by atoms with Gasteiger partial charge in [0.05, 0.1) is 10.2 Å². The molecule has 102 valence electrons. The van der Waals surface area contributed by atoms with Crippen molar-refractivity contribution in [3.8, 4) is 0 Å². The maximum absolute atomic E-state index is 12.8. The van der Waals surface area contributed by atoms with Crippen LogP contribution in [0.5, 0.6) is 0 Å². The zero-order valence-corrected chi connectivity index (χ0v) is 13.0. The Bertz CT molecular complexity index is 724. The van der Waals surface area contributed by atoms with Gasteiger partial charge in [0.1, 0.15) is 5.82 Å². The second-order valence-electron chi connectivity index (χ2n) is 4.43. The number of nitrogens with one attached hydrogen (secondary N) is 1. The summed E-state index contributed by atoms with van der Waals surface area (Å²) in [6.45, 7) is 0.784. The third kappa shape index (κ3) is 3.16. The Balaban J connectivity index is 1.63. The quantitative estimate of drug-likeness (QED) is 0.727. The summed E-state index contributed by atoms with van der Waals surface area (Å²) in [6, 6.07) is 12.7. The summed E-state index contributed by atoms with van der Waals surface area (Å²) in [4.78, 5) is 4.54.